The third kappa shape index (κ3) is 5.67. The van der Waals surface area contributed by atoms with E-state index in [0.717, 1.165) is 94.4 Å². The molecule has 0 saturated carbocycles. The van der Waals surface area contributed by atoms with E-state index in [2.05, 4.69) is 123 Å². The van der Waals surface area contributed by atoms with Crippen molar-refractivity contribution in [1.29, 1.82) is 0 Å². The third-order valence-electron chi connectivity index (χ3n) is 10.2. The zero-order valence-corrected chi connectivity index (χ0v) is 30.3. The highest BCUT2D eigenvalue weighted by Crippen LogP contribution is 2.53. The van der Waals surface area contributed by atoms with Crippen molar-refractivity contribution in [2.24, 2.45) is 0 Å². The molecule has 8 rings (SSSR count). The maximum Gasteiger partial charge on any atom is 0.120 e. The van der Waals surface area contributed by atoms with Crippen LogP contribution in [0.25, 0.3) is 76.8 Å². The number of fused-ring (bicyclic) bond motifs is 3. The summed E-state index contributed by atoms with van der Waals surface area (Å²) >= 11 is 0. The Balaban J connectivity index is 1.69. The van der Waals surface area contributed by atoms with Gasteiger partial charge in [0.05, 0.1) is 28.4 Å². The molecule has 0 heterocycles. The van der Waals surface area contributed by atoms with Crippen molar-refractivity contribution in [3.8, 4) is 67.5 Å². The van der Waals surface area contributed by atoms with E-state index >= 15 is 0 Å². The molecule has 0 saturated heterocycles. The number of benzene rings is 8. The molecular formula is C48H40O4. The maximum atomic E-state index is 6.10. The van der Waals surface area contributed by atoms with Gasteiger partial charge in [0.1, 0.15) is 23.0 Å². The Morgan fingerprint density at radius 3 is 1.27 bits per heavy atom. The lowest BCUT2D eigenvalue weighted by Gasteiger charge is -2.24. The minimum Gasteiger partial charge on any atom is -0.497 e. The van der Waals surface area contributed by atoms with Crippen LogP contribution in [0.3, 0.4) is 0 Å². The summed E-state index contributed by atoms with van der Waals surface area (Å²) in [6.45, 7) is 4.27. The predicted molar refractivity (Wildman–Crippen MR) is 216 cm³/mol. The quantitative estimate of drug-likeness (QED) is 0.150. The van der Waals surface area contributed by atoms with Crippen molar-refractivity contribution in [3.05, 3.63) is 145 Å². The van der Waals surface area contributed by atoms with Crippen LogP contribution in [0.1, 0.15) is 11.1 Å². The molecule has 0 aliphatic heterocycles. The van der Waals surface area contributed by atoms with Crippen LogP contribution in [0.2, 0.25) is 0 Å². The van der Waals surface area contributed by atoms with Gasteiger partial charge in [0.2, 0.25) is 0 Å². The first-order valence-corrected chi connectivity index (χ1v) is 17.5. The molecule has 8 aromatic rings. The molecule has 0 amide bonds. The first-order chi connectivity index (χ1) is 25.4. The van der Waals surface area contributed by atoms with Crippen LogP contribution in [-0.2, 0) is 0 Å². The lowest BCUT2D eigenvalue weighted by molar-refractivity contribution is 0.414. The normalized spacial score (nSPS) is 11.3. The Labute approximate surface area is 304 Å². The standard InChI is InChI=1S/C48H40O4/c1-29-7-11-32(12-8-29)45-42-26-35-25-38(51-5)23-24-40(35)44(34-17-21-37(50-4)22-18-34)48(42)46(33-13-9-30(2)10-14-33)43-28-39(52-6)27-41(47(43)45)31-15-19-36(49-3)20-16-31/h7-28H,1-6H3. The highest BCUT2D eigenvalue weighted by Gasteiger charge is 2.25. The predicted octanol–water partition coefficient (Wildman–Crippen LogP) is 12.5. The molecule has 52 heavy (non-hydrogen) atoms. The van der Waals surface area contributed by atoms with E-state index in [1.54, 1.807) is 28.4 Å². The number of methoxy groups -OCH3 is 4. The van der Waals surface area contributed by atoms with E-state index in [4.69, 9.17) is 18.9 Å². The van der Waals surface area contributed by atoms with E-state index < -0.39 is 0 Å². The van der Waals surface area contributed by atoms with Crippen LogP contribution in [0.15, 0.2) is 133 Å². The fourth-order valence-corrected chi connectivity index (χ4v) is 7.53. The van der Waals surface area contributed by atoms with E-state index in [0.29, 0.717) is 0 Å². The van der Waals surface area contributed by atoms with Gasteiger partial charge in [-0.3, -0.25) is 0 Å². The van der Waals surface area contributed by atoms with Crippen LogP contribution in [-0.4, -0.2) is 28.4 Å². The number of aryl methyl sites for hydroxylation is 2. The summed E-state index contributed by atoms with van der Waals surface area (Å²) in [6.07, 6.45) is 0. The van der Waals surface area contributed by atoms with Crippen molar-refractivity contribution in [3.63, 3.8) is 0 Å². The van der Waals surface area contributed by atoms with E-state index in [-0.39, 0.29) is 0 Å². The fraction of sp³-hybridized carbons (Fsp3) is 0.125. The highest BCUT2D eigenvalue weighted by atomic mass is 16.5. The summed E-state index contributed by atoms with van der Waals surface area (Å²) < 4.78 is 23.1. The Morgan fingerprint density at radius 2 is 0.750 bits per heavy atom. The Hall–Kier alpha value is -6.26. The number of hydrogen-bond acceptors (Lipinski definition) is 4. The van der Waals surface area contributed by atoms with Gasteiger partial charge in [0.25, 0.3) is 0 Å². The molecule has 0 N–H and O–H groups in total. The molecule has 0 fully saturated rings. The molecule has 0 aliphatic rings. The average molecular weight is 681 g/mol. The summed E-state index contributed by atoms with van der Waals surface area (Å²) in [5.41, 5.74) is 11.4. The summed E-state index contributed by atoms with van der Waals surface area (Å²) in [5.74, 6) is 3.23. The number of rotatable bonds is 8. The van der Waals surface area contributed by atoms with Crippen LogP contribution >= 0.6 is 0 Å². The lowest BCUT2D eigenvalue weighted by atomic mass is 9.79. The molecule has 256 valence electrons. The van der Waals surface area contributed by atoms with Crippen LogP contribution in [0, 0.1) is 13.8 Å². The van der Waals surface area contributed by atoms with Crippen LogP contribution in [0.5, 0.6) is 23.0 Å². The highest BCUT2D eigenvalue weighted by molar-refractivity contribution is 6.31. The summed E-state index contributed by atoms with van der Waals surface area (Å²) in [7, 11) is 6.88. The minimum absolute atomic E-state index is 0.789. The Morgan fingerprint density at radius 1 is 0.327 bits per heavy atom. The van der Waals surface area contributed by atoms with Gasteiger partial charge in [0.15, 0.2) is 0 Å². The summed E-state index contributed by atoms with van der Waals surface area (Å²) in [6, 6.07) is 47.7. The van der Waals surface area contributed by atoms with Gasteiger partial charge in [-0.25, -0.2) is 0 Å². The van der Waals surface area contributed by atoms with Gasteiger partial charge in [-0.05, 0) is 145 Å². The zero-order chi connectivity index (χ0) is 35.9. The van der Waals surface area contributed by atoms with Crippen molar-refractivity contribution in [2.45, 2.75) is 13.8 Å². The number of ether oxygens (including phenoxy) is 4. The third-order valence-corrected chi connectivity index (χ3v) is 10.2. The number of hydrogen-bond donors (Lipinski definition) is 0. The van der Waals surface area contributed by atoms with Gasteiger partial charge in [-0.1, -0.05) is 90.0 Å². The van der Waals surface area contributed by atoms with Crippen molar-refractivity contribution in [2.75, 3.05) is 28.4 Å². The molecule has 8 aromatic carbocycles. The van der Waals surface area contributed by atoms with Gasteiger partial charge in [-0.2, -0.15) is 0 Å². The Kier molecular flexibility index (Phi) is 8.52. The van der Waals surface area contributed by atoms with Gasteiger partial charge in [-0.15, -0.1) is 0 Å². The van der Waals surface area contributed by atoms with Crippen molar-refractivity contribution in [1.82, 2.24) is 0 Å². The molecule has 0 aliphatic carbocycles. The first-order valence-electron chi connectivity index (χ1n) is 17.5. The average Bonchev–Trinajstić information content (AvgIpc) is 3.19. The molecular weight excluding hydrogens is 641 g/mol. The molecule has 4 nitrogen and oxygen atoms in total. The molecule has 0 bridgehead atoms. The SMILES string of the molecule is COc1ccc(-c2cc(OC)cc3c(-c4ccc(C)cc4)c4c(-c5ccc(OC)cc5)c5ccc(OC)cc5cc4c(-c4ccc(C)cc4)c23)cc1. The van der Waals surface area contributed by atoms with Gasteiger partial charge in [0, 0.05) is 0 Å². The zero-order valence-electron chi connectivity index (χ0n) is 30.3. The lowest BCUT2D eigenvalue weighted by Crippen LogP contribution is -1.98. The van der Waals surface area contributed by atoms with E-state index in [9.17, 15) is 0 Å². The largest absolute Gasteiger partial charge is 0.497 e. The molecule has 4 heteroatoms. The van der Waals surface area contributed by atoms with Gasteiger partial charge >= 0.3 is 0 Å². The fourth-order valence-electron chi connectivity index (χ4n) is 7.53. The molecule has 0 radical (unpaired) electrons. The van der Waals surface area contributed by atoms with E-state index in [1.165, 1.54) is 16.5 Å². The van der Waals surface area contributed by atoms with Crippen molar-refractivity contribution >= 4 is 32.3 Å². The first kappa shape index (κ1) is 32.9. The Bertz CT molecular complexity index is 2580. The second-order valence-electron chi connectivity index (χ2n) is 13.3. The second-order valence-corrected chi connectivity index (χ2v) is 13.3. The summed E-state index contributed by atoms with van der Waals surface area (Å²) in [4.78, 5) is 0. The smallest absolute Gasteiger partial charge is 0.120 e. The van der Waals surface area contributed by atoms with Crippen LogP contribution < -0.4 is 18.9 Å². The van der Waals surface area contributed by atoms with Crippen LogP contribution in [0.4, 0.5) is 0 Å². The van der Waals surface area contributed by atoms with Gasteiger partial charge < -0.3 is 18.9 Å². The molecule has 0 aromatic heterocycles. The molecule has 0 spiro atoms. The molecule has 0 atom stereocenters. The monoisotopic (exact) mass is 680 g/mol. The van der Waals surface area contributed by atoms with Crippen molar-refractivity contribution < 1.29 is 18.9 Å². The minimum atomic E-state index is 0.789. The maximum absolute atomic E-state index is 6.10. The second kappa shape index (κ2) is 13.5. The molecule has 0 unspecified atom stereocenters. The topological polar surface area (TPSA) is 36.9 Å². The van der Waals surface area contributed by atoms with E-state index in [1.807, 2.05) is 24.3 Å². The summed E-state index contributed by atoms with van der Waals surface area (Å²) in [5, 5.41) is 6.82.